The zero-order valence-electron chi connectivity index (χ0n) is 11.8. The van der Waals surface area contributed by atoms with E-state index in [0.717, 1.165) is 17.9 Å². The number of nitrogens with zero attached hydrogens (tertiary/aromatic N) is 1. The lowest BCUT2D eigenvalue weighted by atomic mass is 9.80. The van der Waals surface area contributed by atoms with E-state index in [2.05, 4.69) is 24.1 Å². The molecule has 0 spiro atoms. The van der Waals surface area contributed by atoms with Crippen LogP contribution >= 0.6 is 0 Å². The van der Waals surface area contributed by atoms with Gasteiger partial charge in [0.2, 0.25) is 0 Å². The van der Waals surface area contributed by atoms with Crippen molar-refractivity contribution < 1.29 is 0 Å². The normalized spacial score (nSPS) is 35.3. The van der Waals surface area contributed by atoms with Crippen molar-refractivity contribution in [1.29, 1.82) is 0 Å². The van der Waals surface area contributed by atoms with Crippen LogP contribution in [0.5, 0.6) is 0 Å². The van der Waals surface area contributed by atoms with Gasteiger partial charge in [0.15, 0.2) is 0 Å². The number of hydrogen-bond donors (Lipinski definition) is 1. The molecule has 2 fully saturated rings. The van der Waals surface area contributed by atoms with Crippen LogP contribution in [0, 0.1) is 11.8 Å². The number of likely N-dealkylation sites (tertiary alicyclic amines) is 1. The van der Waals surface area contributed by atoms with Gasteiger partial charge in [-0.2, -0.15) is 0 Å². The fourth-order valence-corrected chi connectivity index (χ4v) is 3.56. The van der Waals surface area contributed by atoms with Gasteiger partial charge < -0.3 is 10.2 Å². The van der Waals surface area contributed by atoms with Crippen LogP contribution in [0.4, 0.5) is 0 Å². The molecule has 0 amide bonds. The van der Waals surface area contributed by atoms with E-state index in [-0.39, 0.29) is 0 Å². The van der Waals surface area contributed by atoms with E-state index < -0.39 is 0 Å². The Hall–Kier alpha value is -0.0800. The Bertz CT molecular complexity index is 211. The average Bonchev–Trinajstić information content (AvgIpc) is 2.79. The summed E-state index contributed by atoms with van der Waals surface area (Å²) in [7, 11) is 0. The molecule has 2 heteroatoms. The topological polar surface area (TPSA) is 15.3 Å². The van der Waals surface area contributed by atoms with Crippen LogP contribution in [0.1, 0.15) is 52.4 Å². The zero-order chi connectivity index (χ0) is 12.1. The molecule has 3 atom stereocenters. The maximum Gasteiger partial charge on any atom is 0.00928 e. The maximum atomic E-state index is 3.79. The fourth-order valence-electron chi connectivity index (χ4n) is 3.56. The number of hydrogen-bond acceptors (Lipinski definition) is 2. The quantitative estimate of drug-likeness (QED) is 0.741. The highest BCUT2D eigenvalue weighted by Gasteiger charge is 2.24. The number of rotatable bonds is 5. The average molecular weight is 238 g/mol. The van der Waals surface area contributed by atoms with Gasteiger partial charge in [0.25, 0.3) is 0 Å². The van der Waals surface area contributed by atoms with Gasteiger partial charge >= 0.3 is 0 Å². The predicted octanol–water partition coefficient (Wildman–Crippen LogP) is 2.89. The third-order valence-corrected chi connectivity index (χ3v) is 4.69. The van der Waals surface area contributed by atoms with Gasteiger partial charge in [0, 0.05) is 6.04 Å². The molecule has 0 bridgehead atoms. The first-order valence-corrected chi connectivity index (χ1v) is 7.71. The molecule has 1 saturated carbocycles. The predicted molar refractivity (Wildman–Crippen MR) is 74.3 cm³/mol. The molecule has 0 aromatic carbocycles. The van der Waals surface area contributed by atoms with E-state index in [1.54, 1.807) is 0 Å². The highest BCUT2D eigenvalue weighted by atomic mass is 15.1. The summed E-state index contributed by atoms with van der Waals surface area (Å²) in [5, 5.41) is 3.79. The van der Waals surface area contributed by atoms with E-state index in [9.17, 15) is 0 Å². The second-order valence-electron chi connectivity index (χ2n) is 6.36. The van der Waals surface area contributed by atoms with Crippen LogP contribution in [0.2, 0.25) is 0 Å². The molecule has 2 aliphatic rings. The van der Waals surface area contributed by atoms with Crippen LogP contribution in [0.25, 0.3) is 0 Å². The summed E-state index contributed by atoms with van der Waals surface area (Å²) in [6.45, 7) is 10.0. The van der Waals surface area contributed by atoms with Gasteiger partial charge in [-0.1, -0.05) is 13.8 Å². The molecule has 1 aliphatic carbocycles. The van der Waals surface area contributed by atoms with Gasteiger partial charge in [0.1, 0.15) is 0 Å². The maximum absolute atomic E-state index is 3.79. The van der Waals surface area contributed by atoms with Gasteiger partial charge in [-0.05, 0) is 76.5 Å². The van der Waals surface area contributed by atoms with Crippen LogP contribution in [-0.4, -0.2) is 37.1 Å². The van der Waals surface area contributed by atoms with E-state index in [1.165, 1.54) is 64.7 Å². The zero-order valence-corrected chi connectivity index (χ0v) is 11.8. The van der Waals surface area contributed by atoms with Crippen molar-refractivity contribution in [1.82, 2.24) is 10.2 Å². The first-order chi connectivity index (χ1) is 8.25. The molecule has 1 heterocycles. The summed E-state index contributed by atoms with van der Waals surface area (Å²) in [5.41, 5.74) is 0. The minimum Gasteiger partial charge on any atom is -0.314 e. The summed E-state index contributed by atoms with van der Waals surface area (Å²) in [6, 6.07) is 0.796. The van der Waals surface area contributed by atoms with Crippen molar-refractivity contribution in [3.63, 3.8) is 0 Å². The second kappa shape index (κ2) is 6.75. The Kier molecular flexibility index (Phi) is 5.30. The third kappa shape index (κ3) is 4.26. The van der Waals surface area contributed by atoms with Crippen LogP contribution in [0.15, 0.2) is 0 Å². The summed E-state index contributed by atoms with van der Waals surface area (Å²) in [6.07, 6.45) is 8.42. The molecule has 2 rings (SSSR count). The fraction of sp³-hybridized carbons (Fsp3) is 1.00. The van der Waals surface area contributed by atoms with Gasteiger partial charge in [-0.3, -0.25) is 0 Å². The van der Waals surface area contributed by atoms with Crippen molar-refractivity contribution in [2.45, 2.75) is 58.4 Å². The highest BCUT2D eigenvalue weighted by molar-refractivity contribution is 4.81. The van der Waals surface area contributed by atoms with E-state index in [1.807, 2.05) is 0 Å². The third-order valence-electron chi connectivity index (χ3n) is 4.69. The molecule has 2 nitrogen and oxygen atoms in total. The Labute approximate surface area is 107 Å². The van der Waals surface area contributed by atoms with Crippen LogP contribution < -0.4 is 5.32 Å². The highest BCUT2D eigenvalue weighted by Crippen LogP contribution is 2.28. The van der Waals surface area contributed by atoms with Gasteiger partial charge in [0.05, 0.1) is 0 Å². The Morgan fingerprint density at radius 1 is 1.12 bits per heavy atom. The van der Waals surface area contributed by atoms with E-state index in [4.69, 9.17) is 0 Å². The van der Waals surface area contributed by atoms with Crippen molar-refractivity contribution in [3.05, 3.63) is 0 Å². The Morgan fingerprint density at radius 3 is 2.59 bits per heavy atom. The smallest absolute Gasteiger partial charge is 0.00928 e. The van der Waals surface area contributed by atoms with Gasteiger partial charge in [-0.15, -0.1) is 0 Å². The largest absolute Gasteiger partial charge is 0.314 e. The molecular weight excluding hydrogens is 208 g/mol. The molecule has 1 saturated heterocycles. The Balaban J connectivity index is 1.55. The van der Waals surface area contributed by atoms with Crippen molar-refractivity contribution in [2.24, 2.45) is 11.8 Å². The molecule has 100 valence electrons. The first-order valence-electron chi connectivity index (χ1n) is 7.71. The molecule has 17 heavy (non-hydrogen) atoms. The molecule has 3 unspecified atom stereocenters. The second-order valence-corrected chi connectivity index (χ2v) is 6.36. The SMILES string of the molecule is CC1CCC(NCCCN2CCCC2)C(C)C1. The summed E-state index contributed by atoms with van der Waals surface area (Å²) >= 11 is 0. The molecule has 0 aromatic rings. The van der Waals surface area contributed by atoms with E-state index >= 15 is 0 Å². The summed E-state index contributed by atoms with van der Waals surface area (Å²) in [5.74, 6) is 1.83. The lowest BCUT2D eigenvalue weighted by molar-refractivity contribution is 0.225. The molecule has 1 N–H and O–H groups in total. The van der Waals surface area contributed by atoms with Crippen molar-refractivity contribution in [2.75, 3.05) is 26.2 Å². The molecular formula is C15H30N2. The minimum absolute atomic E-state index is 0.796. The summed E-state index contributed by atoms with van der Waals surface area (Å²) in [4.78, 5) is 2.62. The summed E-state index contributed by atoms with van der Waals surface area (Å²) < 4.78 is 0. The molecule has 0 radical (unpaired) electrons. The molecule has 0 aromatic heterocycles. The lowest BCUT2D eigenvalue weighted by Crippen LogP contribution is -2.40. The Morgan fingerprint density at radius 2 is 1.88 bits per heavy atom. The van der Waals surface area contributed by atoms with Crippen molar-refractivity contribution >= 4 is 0 Å². The lowest BCUT2D eigenvalue weighted by Gasteiger charge is -2.33. The van der Waals surface area contributed by atoms with Crippen molar-refractivity contribution in [3.8, 4) is 0 Å². The van der Waals surface area contributed by atoms with Crippen LogP contribution in [0.3, 0.4) is 0 Å². The number of nitrogens with one attached hydrogen (secondary N) is 1. The van der Waals surface area contributed by atoms with Crippen LogP contribution in [-0.2, 0) is 0 Å². The standard InChI is InChI=1S/C15H30N2/c1-13-6-7-15(14(2)12-13)16-8-5-11-17-9-3-4-10-17/h13-16H,3-12H2,1-2H3. The van der Waals surface area contributed by atoms with Gasteiger partial charge in [-0.25, -0.2) is 0 Å². The first kappa shape index (κ1) is 13.4. The molecule has 1 aliphatic heterocycles. The van der Waals surface area contributed by atoms with E-state index in [0.29, 0.717) is 0 Å². The monoisotopic (exact) mass is 238 g/mol. The minimum atomic E-state index is 0.796.